The number of hydrogen-bond donors (Lipinski definition) is 2. The fourth-order valence-corrected chi connectivity index (χ4v) is 5.11. The first-order valence-corrected chi connectivity index (χ1v) is 18.7. The van der Waals surface area contributed by atoms with Crippen molar-refractivity contribution in [2.45, 2.75) is 96.5 Å². The molecule has 21 nitrogen and oxygen atoms in total. The van der Waals surface area contributed by atoms with Gasteiger partial charge >= 0.3 is 47.8 Å². The quantitative estimate of drug-likeness (QED) is 0.141. The number of rotatable bonds is 20. The van der Waals surface area contributed by atoms with Gasteiger partial charge < -0.3 is 47.6 Å². The third-order valence-corrected chi connectivity index (χ3v) is 8.38. The third kappa shape index (κ3) is 15.0. The van der Waals surface area contributed by atoms with Crippen LogP contribution in [0.4, 0.5) is 5.69 Å². The molecule has 1 aromatic heterocycles. The van der Waals surface area contributed by atoms with E-state index in [9.17, 15) is 46.8 Å². The normalized spacial score (nSPS) is 14.2. The first kappa shape index (κ1) is 47.4. The summed E-state index contributed by atoms with van der Waals surface area (Å²) in [6.45, 7) is 7.27. The summed E-state index contributed by atoms with van der Waals surface area (Å²) in [6, 6.07) is 5.16. The Bertz CT molecular complexity index is 1920. The predicted molar refractivity (Wildman–Crippen MR) is 189 cm³/mol. The van der Waals surface area contributed by atoms with Gasteiger partial charge in [-0.3, -0.25) is 0 Å². The molecule has 6 unspecified atom stereocenters. The Labute approximate surface area is 330 Å². The minimum atomic E-state index is -4.39. The predicted octanol–water partition coefficient (Wildman–Crippen LogP) is 1.50. The second kappa shape index (κ2) is 21.5. The molecule has 0 aliphatic heterocycles. The van der Waals surface area contributed by atoms with Crippen molar-refractivity contribution in [1.82, 2.24) is 0 Å². The maximum Gasteiger partial charge on any atom is 0.347 e. The van der Waals surface area contributed by atoms with E-state index >= 15 is 0 Å². The summed E-state index contributed by atoms with van der Waals surface area (Å²) in [5.41, 5.74) is -0.390. The van der Waals surface area contributed by atoms with Gasteiger partial charge in [0.1, 0.15) is 10.7 Å². The smallest absolute Gasteiger partial charge is 0.347 e. The van der Waals surface area contributed by atoms with E-state index in [4.69, 9.17) is 59.1 Å². The molecule has 1 aromatic carbocycles. The van der Waals surface area contributed by atoms with Crippen LogP contribution in [0.3, 0.4) is 0 Å². The Kier molecular flexibility index (Phi) is 17.9. The Balaban J connectivity index is 1.88. The summed E-state index contributed by atoms with van der Waals surface area (Å²) in [7, 11) is -4.39. The number of nitrogens with two attached hydrogens (primary N) is 1. The molecule has 0 fully saturated rings. The van der Waals surface area contributed by atoms with Crippen LogP contribution in [0, 0.1) is 0 Å². The molecule has 2 aromatic rings. The molecule has 314 valence electrons. The Morgan fingerprint density at radius 1 is 0.702 bits per heavy atom. The largest absolute Gasteiger partial charge is 0.467 e. The third-order valence-electron chi connectivity index (χ3n) is 7.00. The number of carbonyl (C=O) groups is 8. The molecule has 1 heterocycles. The van der Waals surface area contributed by atoms with Crippen molar-refractivity contribution in [1.29, 1.82) is 0 Å². The van der Waals surface area contributed by atoms with Gasteiger partial charge in [-0.2, -0.15) is 0 Å². The maximum atomic E-state index is 12.9. The van der Waals surface area contributed by atoms with Crippen molar-refractivity contribution in [3.05, 3.63) is 46.9 Å². The lowest BCUT2D eigenvalue weighted by Gasteiger charge is -2.20. The lowest BCUT2D eigenvalue weighted by Crippen LogP contribution is -2.39. The molecule has 0 spiro atoms. The fourth-order valence-electron chi connectivity index (χ4n) is 4.01. The van der Waals surface area contributed by atoms with Crippen molar-refractivity contribution < 1.29 is 89.1 Å². The van der Waals surface area contributed by atoms with Crippen LogP contribution >= 0.6 is 11.6 Å². The number of halogens is 1. The molecule has 0 saturated carbocycles. The standard InChI is InChI=1S/C34H41ClN2O19S/c1-8-48-28(39)16(2)52-30(41)18(4)54-32(43)20(6)56-33(44)21(7)55-31(42)19(5)53-29(40)17(3)51-27(38)15-50-34(45)23-12-26(57(36,46)47)24(35)13-25(23)37-14-22-10-9-11-49-22/h9-13,16-21,37H,8,14-15H2,1-7H3,(H2,36,46,47). The molecule has 0 radical (unpaired) electrons. The number of nitrogens with one attached hydrogen (secondary N) is 1. The maximum absolute atomic E-state index is 12.9. The lowest BCUT2D eigenvalue weighted by molar-refractivity contribution is -0.188. The van der Waals surface area contributed by atoms with Crippen LogP contribution in [-0.4, -0.2) is 106 Å². The fraction of sp³-hybridized carbons (Fsp3) is 0.471. The lowest BCUT2D eigenvalue weighted by atomic mass is 10.1. The molecular formula is C34H41ClN2O19S. The molecular weight excluding hydrogens is 808 g/mol. The van der Waals surface area contributed by atoms with Gasteiger partial charge in [-0.1, -0.05) is 11.6 Å². The molecule has 3 N–H and O–H groups in total. The van der Waals surface area contributed by atoms with Crippen LogP contribution in [0.2, 0.25) is 5.02 Å². The summed E-state index contributed by atoms with van der Waals surface area (Å²) in [6.07, 6.45) is -7.96. The van der Waals surface area contributed by atoms with Gasteiger partial charge in [0.25, 0.3) is 0 Å². The van der Waals surface area contributed by atoms with Gasteiger partial charge in [-0.15, -0.1) is 0 Å². The SMILES string of the molecule is CCOC(=O)C(C)OC(=O)C(C)OC(=O)C(C)OC(=O)C(C)OC(=O)C(C)OC(=O)C(C)OC(=O)COC(=O)c1cc(S(N)(=O)=O)c(Cl)cc1NCc1ccco1. The summed E-state index contributed by atoms with van der Waals surface area (Å²) < 4.78 is 68.3. The number of hydrogen-bond acceptors (Lipinski definition) is 20. The number of furan rings is 1. The monoisotopic (exact) mass is 848 g/mol. The van der Waals surface area contributed by atoms with E-state index < -0.39 is 106 Å². The van der Waals surface area contributed by atoms with Crippen molar-refractivity contribution >= 4 is 75.1 Å². The Hall–Kier alpha value is -5.74. The second-order valence-electron chi connectivity index (χ2n) is 11.7. The molecule has 6 atom stereocenters. The van der Waals surface area contributed by atoms with Crippen molar-refractivity contribution in [3.63, 3.8) is 0 Å². The van der Waals surface area contributed by atoms with Crippen LogP contribution in [-0.2, 0) is 88.0 Å². The average Bonchev–Trinajstić information content (AvgIpc) is 3.66. The van der Waals surface area contributed by atoms with E-state index in [0.717, 1.165) is 46.8 Å². The van der Waals surface area contributed by atoms with E-state index in [0.29, 0.717) is 5.76 Å². The number of carbonyl (C=O) groups excluding carboxylic acids is 8. The van der Waals surface area contributed by atoms with Gasteiger partial charge in [0, 0.05) is 0 Å². The van der Waals surface area contributed by atoms with E-state index in [2.05, 4.69) is 5.32 Å². The van der Waals surface area contributed by atoms with Crippen LogP contribution < -0.4 is 10.5 Å². The van der Waals surface area contributed by atoms with Crippen LogP contribution in [0.15, 0.2) is 39.8 Å². The zero-order chi connectivity index (χ0) is 43.2. The number of ether oxygens (including phenoxy) is 8. The first-order valence-electron chi connectivity index (χ1n) is 16.7. The Morgan fingerprint density at radius 3 is 1.54 bits per heavy atom. The van der Waals surface area contributed by atoms with E-state index in [1.54, 1.807) is 19.1 Å². The van der Waals surface area contributed by atoms with E-state index in [1.807, 2.05) is 0 Å². The molecule has 0 amide bonds. The minimum absolute atomic E-state index is 0.00650. The molecule has 0 aliphatic rings. The number of sulfonamides is 1. The number of benzene rings is 1. The number of esters is 8. The van der Waals surface area contributed by atoms with Gasteiger partial charge in [0.15, 0.2) is 43.2 Å². The van der Waals surface area contributed by atoms with Crippen LogP contribution in [0.25, 0.3) is 0 Å². The minimum Gasteiger partial charge on any atom is -0.467 e. The second-order valence-corrected chi connectivity index (χ2v) is 13.6. The number of primary sulfonamides is 1. The average molecular weight is 849 g/mol. The van der Waals surface area contributed by atoms with Crippen molar-refractivity contribution in [3.8, 4) is 0 Å². The van der Waals surface area contributed by atoms with Gasteiger partial charge in [-0.25, -0.2) is 51.9 Å². The van der Waals surface area contributed by atoms with E-state index in [1.165, 1.54) is 13.2 Å². The molecule has 0 bridgehead atoms. The molecule has 0 saturated heterocycles. The van der Waals surface area contributed by atoms with Gasteiger partial charge in [-0.05, 0) is 72.7 Å². The molecule has 2 rings (SSSR count). The highest BCUT2D eigenvalue weighted by Gasteiger charge is 2.32. The summed E-state index contributed by atoms with van der Waals surface area (Å²) in [5.74, 6) is -8.84. The zero-order valence-electron chi connectivity index (χ0n) is 31.6. The van der Waals surface area contributed by atoms with Crippen LogP contribution in [0.5, 0.6) is 0 Å². The number of anilines is 1. The van der Waals surface area contributed by atoms with Crippen LogP contribution in [0.1, 0.15) is 64.6 Å². The zero-order valence-corrected chi connectivity index (χ0v) is 33.2. The molecule has 23 heteroatoms. The van der Waals surface area contributed by atoms with Crippen molar-refractivity contribution in [2.24, 2.45) is 5.14 Å². The first-order chi connectivity index (χ1) is 26.5. The summed E-state index contributed by atoms with van der Waals surface area (Å²) in [5, 5.41) is 7.70. The Morgan fingerprint density at radius 2 is 1.14 bits per heavy atom. The highest BCUT2D eigenvalue weighted by molar-refractivity contribution is 7.89. The van der Waals surface area contributed by atoms with Gasteiger partial charge in [0.05, 0.1) is 35.7 Å². The highest BCUT2D eigenvalue weighted by Crippen LogP contribution is 2.29. The van der Waals surface area contributed by atoms with E-state index in [-0.39, 0.29) is 29.4 Å². The van der Waals surface area contributed by atoms with Gasteiger partial charge in [0.2, 0.25) is 10.0 Å². The topological polar surface area (TPSA) is 296 Å². The highest BCUT2D eigenvalue weighted by atomic mass is 35.5. The molecule has 0 aliphatic carbocycles. The van der Waals surface area contributed by atoms with Crippen molar-refractivity contribution in [2.75, 3.05) is 18.5 Å². The summed E-state index contributed by atoms with van der Waals surface area (Å²) in [4.78, 5) is 98.3. The summed E-state index contributed by atoms with van der Waals surface area (Å²) >= 11 is 6.05. The molecule has 57 heavy (non-hydrogen) atoms.